The standard InChI is InChI=1S/C9H15FO/c1-3-4-5-6-9(10)7-8(2)11/h7H,3-6H2,1-2H3/b9-7-. The lowest BCUT2D eigenvalue weighted by molar-refractivity contribution is -0.112. The first-order valence-electron chi connectivity index (χ1n) is 4.03. The zero-order valence-electron chi connectivity index (χ0n) is 7.19. The largest absolute Gasteiger partial charge is 0.295 e. The molecule has 0 saturated carbocycles. The van der Waals surface area contributed by atoms with Gasteiger partial charge in [0.1, 0.15) is 5.83 Å². The number of carbonyl (C=O) groups excluding carboxylic acids is 1. The molecule has 0 amide bonds. The average Bonchev–Trinajstić information content (AvgIpc) is 1.86. The highest BCUT2D eigenvalue weighted by atomic mass is 19.1. The van der Waals surface area contributed by atoms with Gasteiger partial charge >= 0.3 is 0 Å². The van der Waals surface area contributed by atoms with Crippen LogP contribution in [0.3, 0.4) is 0 Å². The van der Waals surface area contributed by atoms with Crippen molar-refractivity contribution in [1.82, 2.24) is 0 Å². The van der Waals surface area contributed by atoms with Gasteiger partial charge in [-0.15, -0.1) is 0 Å². The number of allylic oxidation sites excluding steroid dienone is 2. The smallest absolute Gasteiger partial charge is 0.155 e. The van der Waals surface area contributed by atoms with Crippen molar-refractivity contribution in [2.75, 3.05) is 0 Å². The summed E-state index contributed by atoms with van der Waals surface area (Å²) in [5, 5.41) is 0. The quantitative estimate of drug-likeness (QED) is 0.444. The van der Waals surface area contributed by atoms with Crippen LogP contribution in [0.4, 0.5) is 4.39 Å². The lowest BCUT2D eigenvalue weighted by Crippen LogP contribution is -1.85. The molecule has 0 spiro atoms. The summed E-state index contributed by atoms with van der Waals surface area (Å²) in [6.45, 7) is 3.42. The van der Waals surface area contributed by atoms with E-state index in [0.29, 0.717) is 6.42 Å². The van der Waals surface area contributed by atoms with Crippen LogP contribution in [0.5, 0.6) is 0 Å². The molecule has 0 aromatic rings. The normalized spacial score (nSPS) is 11.7. The van der Waals surface area contributed by atoms with Gasteiger partial charge in [-0.05, 0) is 19.8 Å². The van der Waals surface area contributed by atoms with E-state index in [-0.39, 0.29) is 11.6 Å². The van der Waals surface area contributed by atoms with Crippen molar-refractivity contribution >= 4 is 5.78 Å². The van der Waals surface area contributed by atoms with Crippen LogP contribution < -0.4 is 0 Å². The SMILES string of the molecule is CCCCC/C(F)=C/C(C)=O. The molecule has 0 fully saturated rings. The Kier molecular flexibility index (Phi) is 5.71. The van der Waals surface area contributed by atoms with E-state index in [9.17, 15) is 9.18 Å². The maximum Gasteiger partial charge on any atom is 0.155 e. The molecule has 0 N–H and O–H groups in total. The van der Waals surface area contributed by atoms with Crippen molar-refractivity contribution in [1.29, 1.82) is 0 Å². The Labute approximate surface area is 67.3 Å². The highest BCUT2D eigenvalue weighted by Crippen LogP contribution is 2.09. The Morgan fingerprint density at radius 1 is 1.45 bits per heavy atom. The summed E-state index contributed by atoms with van der Waals surface area (Å²) < 4.78 is 12.6. The summed E-state index contributed by atoms with van der Waals surface area (Å²) in [6, 6.07) is 0. The molecule has 0 rings (SSSR count). The minimum absolute atomic E-state index is 0.209. The first kappa shape index (κ1) is 10.3. The van der Waals surface area contributed by atoms with E-state index in [1.807, 2.05) is 0 Å². The number of carbonyl (C=O) groups is 1. The minimum atomic E-state index is -0.286. The van der Waals surface area contributed by atoms with Gasteiger partial charge in [0.25, 0.3) is 0 Å². The Morgan fingerprint density at radius 2 is 2.09 bits per heavy atom. The van der Waals surface area contributed by atoms with Crippen LogP contribution in [0.15, 0.2) is 11.9 Å². The fourth-order valence-electron chi connectivity index (χ4n) is 0.837. The molecule has 0 aliphatic heterocycles. The first-order chi connectivity index (χ1) is 5.16. The van der Waals surface area contributed by atoms with Crippen molar-refractivity contribution in [2.45, 2.75) is 39.5 Å². The van der Waals surface area contributed by atoms with Crippen molar-refractivity contribution in [3.63, 3.8) is 0 Å². The molecule has 0 radical (unpaired) electrons. The first-order valence-corrected chi connectivity index (χ1v) is 4.03. The second-order valence-corrected chi connectivity index (χ2v) is 2.66. The summed E-state index contributed by atoms with van der Waals surface area (Å²) in [7, 11) is 0. The predicted octanol–water partition coefficient (Wildman–Crippen LogP) is 3.01. The van der Waals surface area contributed by atoms with Crippen molar-refractivity contribution in [2.24, 2.45) is 0 Å². The fraction of sp³-hybridized carbons (Fsp3) is 0.667. The molecule has 11 heavy (non-hydrogen) atoms. The van der Waals surface area contributed by atoms with Crippen molar-refractivity contribution < 1.29 is 9.18 Å². The third-order valence-corrected chi connectivity index (χ3v) is 1.38. The third kappa shape index (κ3) is 7.23. The highest BCUT2D eigenvalue weighted by molar-refractivity contribution is 5.87. The number of ketones is 1. The summed E-state index contributed by atoms with van der Waals surface area (Å²) in [5.74, 6) is -0.495. The lowest BCUT2D eigenvalue weighted by atomic mass is 10.2. The molecule has 0 aliphatic carbocycles. The maximum atomic E-state index is 12.6. The van der Waals surface area contributed by atoms with Crippen LogP contribution >= 0.6 is 0 Å². The van der Waals surface area contributed by atoms with Gasteiger partial charge < -0.3 is 0 Å². The third-order valence-electron chi connectivity index (χ3n) is 1.38. The maximum absolute atomic E-state index is 12.6. The molecule has 0 heterocycles. The molecule has 0 aromatic carbocycles. The highest BCUT2D eigenvalue weighted by Gasteiger charge is 1.95. The molecule has 1 nitrogen and oxygen atoms in total. The van der Waals surface area contributed by atoms with E-state index in [4.69, 9.17) is 0 Å². The Morgan fingerprint density at radius 3 is 2.55 bits per heavy atom. The number of hydrogen-bond donors (Lipinski definition) is 0. The van der Waals surface area contributed by atoms with Crippen molar-refractivity contribution in [3.05, 3.63) is 11.9 Å². The topological polar surface area (TPSA) is 17.1 Å². The van der Waals surface area contributed by atoms with Crippen LogP contribution in [0.25, 0.3) is 0 Å². The average molecular weight is 158 g/mol. The molecule has 0 atom stereocenters. The van der Waals surface area contributed by atoms with Gasteiger partial charge in [0.2, 0.25) is 0 Å². The van der Waals surface area contributed by atoms with Gasteiger partial charge in [-0.25, -0.2) is 4.39 Å². The Hall–Kier alpha value is -0.660. The number of hydrogen-bond acceptors (Lipinski definition) is 1. The number of rotatable bonds is 5. The molecule has 0 unspecified atom stereocenters. The number of unbranched alkanes of at least 4 members (excludes halogenated alkanes) is 2. The van der Waals surface area contributed by atoms with Gasteiger partial charge in [-0.3, -0.25) is 4.79 Å². The number of halogens is 1. The van der Waals surface area contributed by atoms with E-state index in [2.05, 4.69) is 6.92 Å². The van der Waals surface area contributed by atoms with Gasteiger partial charge in [0.15, 0.2) is 5.78 Å². The van der Waals surface area contributed by atoms with Crippen LogP contribution in [-0.4, -0.2) is 5.78 Å². The minimum Gasteiger partial charge on any atom is -0.295 e. The summed E-state index contributed by atoms with van der Waals surface area (Å²) in [6.07, 6.45) is 4.42. The van der Waals surface area contributed by atoms with Crippen LogP contribution in [0, 0.1) is 0 Å². The molecular formula is C9H15FO. The molecule has 0 bridgehead atoms. The van der Waals surface area contributed by atoms with Gasteiger partial charge in [-0.2, -0.15) is 0 Å². The van der Waals surface area contributed by atoms with E-state index in [1.165, 1.54) is 6.92 Å². The summed E-state index contributed by atoms with van der Waals surface area (Å²) in [5.41, 5.74) is 0. The summed E-state index contributed by atoms with van der Waals surface area (Å²) >= 11 is 0. The Balaban J connectivity index is 3.51. The van der Waals surface area contributed by atoms with Crippen molar-refractivity contribution in [3.8, 4) is 0 Å². The molecule has 0 saturated heterocycles. The lowest BCUT2D eigenvalue weighted by Gasteiger charge is -1.94. The molecule has 64 valence electrons. The molecule has 2 heteroatoms. The van der Waals surface area contributed by atoms with Gasteiger partial charge in [0, 0.05) is 6.08 Å². The van der Waals surface area contributed by atoms with E-state index in [0.717, 1.165) is 25.3 Å². The summed E-state index contributed by atoms with van der Waals surface area (Å²) in [4.78, 5) is 10.4. The predicted molar refractivity (Wildman–Crippen MR) is 44.0 cm³/mol. The fourth-order valence-corrected chi connectivity index (χ4v) is 0.837. The zero-order chi connectivity index (χ0) is 8.69. The van der Waals surface area contributed by atoms with E-state index >= 15 is 0 Å². The molecule has 0 aliphatic rings. The van der Waals surface area contributed by atoms with Crippen LogP contribution in [0.1, 0.15) is 39.5 Å². The second-order valence-electron chi connectivity index (χ2n) is 2.66. The van der Waals surface area contributed by atoms with Gasteiger partial charge in [0.05, 0.1) is 0 Å². The molecule has 0 aromatic heterocycles. The van der Waals surface area contributed by atoms with Gasteiger partial charge in [-0.1, -0.05) is 19.8 Å². The van der Waals surface area contributed by atoms with E-state index in [1.54, 1.807) is 0 Å². The zero-order valence-corrected chi connectivity index (χ0v) is 7.19. The monoisotopic (exact) mass is 158 g/mol. The van der Waals surface area contributed by atoms with Crippen LogP contribution in [-0.2, 0) is 4.79 Å². The van der Waals surface area contributed by atoms with Crippen LogP contribution in [0.2, 0.25) is 0 Å². The van der Waals surface area contributed by atoms with E-state index < -0.39 is 0 Å². The molecular weight excluding hydrogens is 143 g/mol. The second kappa shape index (κ2) is 6.08. The Bertz CT molecular complexity index is 150.